The predicted molar refractivity (Wildman–Crippen MR) is 61.8 cm³/mol. The van der Waals surface area contributed by atoms with Crippen molar-refractivity contribution < 1.29 is 0 Å². The fraction of sp³-hybridized carbons (Fsp3) is 0.364. The summed E-state index contributed by atoms with van der Waals surface area (Å²) in [7, 11) is 0. The molecule has 0 fully saturated rings. The third kappa shape index (κ3) is 2.36. The number of aryl methyl sites for hydroxylation is 1. The Balaban J connectivity index is 2.13. The van der Waals surface area contributed by atoms with Crippen LogP contribution in [0.25, 0.3) is 0 Å². The van der Waals surface area contributed by atoms with Crippen molar-refractivity contribution in [3.05, 3.63) is 36.0 Å². The topological polar surface area (TPSA) is 69.6 Å². The Morgan fingerprint density at radius 1 is 1.31 bits per heavy atom. The Morgan fingerprint density at radius 2 is 2.19 bits per heavy atom. The normalized spacial score (nSPS) is 10.6. The van der Waals surface area contributed by atoms with E-state index in [0.29, 0.717) is 12.2 Å². The first kappa shape index (κ1) is 10.6. The molecule has 0 aliphatic heterocycles. The molecule has 0 spiro atoms. The van der Waals surface area contributed by atoms with E-state index in [1.165, 1.54) is 0 Å². The molecule has 5 heteroatoms. The number of hydrogen-bond donors (Lipinski definition) is 1. The summed E-state index contributed by atoms with van der Waals surface area (Å²) in [5, 5.41) is 7.85. The summed E-state index contributed by atoms with van der Waals surface area (Å²) < 4.78 is 2.14. The van der Waals surface area contributed by atoms with Gasteiger partial charge in [-0.05, 0) is 18.6 Å². The minimum absolute atomic E-state index is 0.445. The van der Waals surface area contributed by atoms with Gasteiger partial charge < -0.3 is 10.3 Å². The van der Waals surface area contributed by atoms with E-state index < -0.39 is 0 Å². The molecule has 2 N–H and O–H groups in total. The molecule has 0 saturated carbocycles. The predicted octanol–water partition coefficient (Wildman–Crippen LogP) is 1.26. The SMILES string of the molecule is CCCn1ccnc1Cc1ccc(N)nn1. The summed E-state index contributed by atoms with van der Waals surface area (Å²) in [4.78, 5) is 4.32. The molecule has 2 heterocycles. The number of aromatic nitrogens is 4. The van der Waals surface area contributed by atoms with Crippen LogP contribution in [0, 0.1) is 0 Å². The number of imidazole rings is 1. The second kappa shape index (κ2) is 4.74. The number of nitrogens with zero attached hydrogens (tertiary/aromatic N) is 4. The molecule has 0 saturated heterocycles. The van der Waals surface area contributed by atoms with Crippen LogP contribution in [0.4, 0.5) is 5.82 Å². The monoisotopic (exact) mass is 217 g/mol. The molecule has 0 bridgehead atoms. The van der Waals surface area contributed by atoms with Crippen molar-refractivity contribution in [1.29, 1.82) is 0 Å². The average molecular weight is 217 g/mol. The van der Waals surface area contributed by atoms with E-state index in [-0.39, 0.29) is 0 Å². The van der Waals surface area contributed by atoms with Crippen molar-refractivity contribution in [2.24, 2.45) is 0 Å². The van der Waals surface area contributed by atoms with E-state index in [1.54, 1.807) is 6.07 Å². The maximum absolute atomic E-state index is 5.48. The zero-order chi connectivity index (χ0) is 11.4. The van der Waals surface area contributed by atoms with Gasteiger partial charge in [-0.25, -0.2) is 4.98 Å². The Hall–Kier alpha value is -1.91. The second-order valence-electron chi connectivity index (χ2n) is 3.66. The van der Waals surface area contributed by atoms with Crippen LogP contribution in [0.2, 0.25) is 0 Å². The molecule has 2 rings (SSSR count). The van der Waals surface area contributed by atoms with Crippen molar-refractivity contribution in [3.63, 3.8) is 0 Å². The summed E-state index contributed by atoms with van der Waals surface area (Å²) >= 11 is 0. The van der Waals surface area contributed by atoms with Crippen molar-refractivity contribution in [3.8, 4) is 0 Å². The summed E-state index contributed by atoms with van der Waals surface area (Å²) in [6.07, 6.45) is 5.59. The standard InChI is InChI=1S/C11H15N5/c1-2-6-16-7-5-13-11(16)8-9-3-4-10(12)15-14-9/h3-5,7H,2,6,8H2,1H3,(H2,12,15). The summed E-state index contributed by atoms with van der Waals surface area (Å²) in [6.45, 7) is 3.13. The van der Waals surface area contributed by atoms with Gasteiger partial charge in [0, 0.05) is 18.9 Å². The van der Waals surface area contributed by atoms with Crippen molar-refractivity contribution in [1.82, 2.24) is 19.7 Å². The van der Waals surface area contributed by atoms with Crippen LogP contribution in [0.5, 0.6) is 0 Å². The maximum atomic E-state index is 5.48. The molecule has 0 aromatic carbocycles. The molecule has 0 atom stereocenters. The Kier molecular flexibility index (Phi) is 3.14. The minimum Gasteiger partial charge on any atom is -0.382 e. The molecule has 0 unspecified atom stereocenters. The van der Waals surface area contributed by atoms with Crippen LogP contribution in [0.1, 0.15) is 24.9 Å². The number of nitrogen functional groups attached to an aromatic ring is 1. The van der Waals surface area contributed by atoms with E-state index in [4.69, 9.17) is 5.73 Å². The number of rotatable bonds is 4. The molecule has 5 nitrogen and oxygen atoms in total. The van der Waals surface area contributed by atoms with Crippen LogP contribution in [-0.2, 0) is 13.0 Å². The van der Waals surface area contributed by atoms with Crippen LogP contribution in [0.3, 0.4) is 0 Å². The van der Waals surface area contributed by atoms with Crippen molar-refractivity contribution in [2.75, 3.05) is 5.73 Å². The molecular formula is C11H15N5. The summed E-state index contributed by atoms with van der Waals surface area (Å²) in [6, 6.07) is 3.64. The van der Waals surface area contributed by atoms with Gasteiger partial charge in [-0.2, -0.15) is 5.10 Å². The molecule has 0 amide bonds. The zero-order valence-electron chi connectivity index (χ0n) is 9.30. The van der Waals surface area contributed by atoms with Crippen LogP contribution in [-0.4, -0.2) is 19.7 Å². The highest BCUT2D eigenvalue weighted by molar-refractivity contribution is 5.26. The van der Waals surface area contributed by atoms with E-state index in [1.807, 2.05) is 18.5 Å². The first-order chi connectivity index (χ1) is 7.79. The van der Waals surface area contributed by atoms with E-state index in [2.05, 4.69) is 26.7 Å². The molecule has 0 aliphatic rings. The highest BCUT2D eigenvalue weighted by Gasteiger charge is 2.04. The lowest BCUT2D eigenvalue weighted by Gasteiger charge is -2.05. The molecule has 16 heavy (non-hydrogen) atoms. The van der Waals surface area contributed by atoms with E-state index in [0.717, 1.165) is 24.5 Å². The Morgan fingerprint density at radius 3 is 2.88 bits per heavy atom. The summed E-state index contributed by atoms with van der Waals surface area (Å²) in [5.41, 5.74) is 6.37. The van der Waals surface area contributed by atoms with Crippen LogP contribution >= 0.6 is 0 Å². The zero-order valence-corrected chi connectivity index (χ0v) is 9.30. The first-order valence-corrected chi connectivity index (χ1v) is 5.37. The molecular weight excluding hydrogens is 202 g/mol. The summed E-state index contributed by atoms with van der Waals surface area (Å²) in [5.74, 6) is 1.46. The van der Waals surface area contributed by atoms with Crippen LogP contribution in [0.15, 0.2) is 24.5 Å². The van der Waals surface area contributed by atoms with Crippen LogP contribution < -0.4 is 5.73 Å². The van der Waals surface area contributed by atoms with Gasteiger partial charge in [0.2, 0.25) is 0 Å². The second-order valence-corrected chi connectivity index (χ2v) is 3.66. The fourth-order valence-corrected chi connectivity index (χ4v) is 1.58. The van der Waals surface area contributed by atoms with Gasteiger partial charge >= 0.3 is 0 Å². The molecule has 84 valence electrons. The lowest BCUT2D eigenvalue weighted by molar-refractivity contribution is 0.643. The lowest BCUT2D eigenvalue weighted by Crippen LogP contribution is -2.05. The van der Waals surface area contributed by atoms with Gasteiger partial charge in [0.25, 0.3) is 0 Å². The third-order valence-corrected chi connectivity index (χ3v) is 2.35. The van der Waals surface area contributed by atoms with Gasteiger partial charge in [0.15, 0.2) is 0 Å². The highest BCUT2D eigenvalue weighted by atomic mass is 15.1. The Labute approximate surface area is 94.3 Å². The van der Waals surface area contributed by atoms with E-state index >= 15 is 0 Å². The smallest absolute Gasteiger partial charge is 0.146 e. The quantitative estimate of drug-likeness (QED) is 0.837. The molecule has 0 radical (unpaired) electrons. The largest absolute Gasteiger partial charge is 0.382 e. The van der Waals surface area contributed by atoms with Gasteiger partial charge in [-0.15, -0.1) is 5.10 Å². The third-order valence-electron chi connectivity index (χ3n) is 2.35. The average Bonchev–Trinajstić information content (AvgIpc) is 2.70. The maximum Gasteiger partial charge on any atom is 0.146 e. The molecule has 2 aromatic heterocycles. The van der Waals surface area contributed by atoms with Crippen molar-refractivity contribution in [2.45, 2.75) is 26.3 Å². The van der Waals surface area contributed by atoms with Gasteiger partial charge in [-0.1, -0.05) is 6.92 Å². The van der Waals surface area contributed by atoms with Gasteiger partial charge in [0.05, 0.1) is 12.1 Å². The van der Waals surface area contributed by atoms with Gasteiger partial charge in [0.1, 0.15) is 11.6 Å². The first-order valence-electron chi connectivity index (χ1n) is 5.37. The van der Waals surface area contributed by atoms with Gasteiger partial charge in [-0.3, -0.25) is 0 Å². The van der Waals surface area contributed by atoms with Crippen molar-refractivity contribution >= 4 is 5.82 Å². The highest BCUT2D eigenvalue weighted by Crippen LogP contribution is 2.06. The minimum atomic E-state index is 0.445. The van der Waals surface area contributed by atoms with E-state index in [9.17, 15) is 0 Å². The number of nitrogens with two attached hydrogens (primary N) is 1. The Bertz CT molecular complexity index is 446. The number of hydrogen-bond acceptors (Lipinski definition) is 4. The number of anilines is 1. The molecule has 0 aliphatic carbocycles. The lowest BCUT2D eigenvalue weighted by atomic mass is 10.2. The molecule has 2 aromatic rings. The fourth-order valence-electron chi connectivity index (χ4n) is 1.58.